The molecule has 0 aromatic rings. The minimum atomic E-state index is 0.797. The van der Waals surface area contributed by atoms with Gasteiger partial charge in [0.15, 0.2) is 0 Å². The normalized spacial score (nSPS) is 33.9. The van der Waals surface area contributed by atoms with Gasteiger partial charge in [0.25, 0.3) is 0 Å². The molecule has 0 unspecified atom stereocenters. The zero-order valence-electron chi connectivity index (χ0n) is 10.6. The van der Waals surface area contributed by atoms with Gasteiger partial charge in [-0.1, -0.05) is 41.6 Å². The van der Waals surface area contributed by atoms with Gasteiger partial charge in [0.1, 0.15) is 0 Å². The molecule has 0 spiro atoms. The van der Waals surface area contributed by atoms with E-state index in [1.54, 1.807) is 0 Å². The molecule has 16 heavy (non-hydrogen) atoms. The van der Waals surface area contributed by atoms with E-state index < -0.39 is 0 Å². The molecule has 0 aliphatic heterocycles. The van der Waals surface area contributed by atoms with Crippen LogP contribution in [0.2, 0.25) is 0 Å². The average molecular weight is 288 g/mol. The highest BCUT2D eigenvalue weighted by Crippen LogP contribution is 2.30. The van der Waals surface area contributed by atoms with Crippen LogP contribution in [-0.4, -0.2) is 28.9 Å². The molecular weight excluding hydrogens is 262 g/mol. The Balaban J connectivity index is 1.83. The summed E-state index contributed by atoms with van der Waals surface area (Å²) < 4.78 is 0. The molecule has 0 N–H and O–H groups in total. The van der Waals surface area contributed by atoms with E-state index in [-0.39, 0.29) is 0 Å². The van der Waals surface area contributed by atoms with Crippen LogP contribution in [0, 0.1) is 0 Å². The third kappa shape index (κ3) is 3.46. The summed E-state index contributed by atoms with van der Waals surface area (Å²) in [5.41, 5.74) is 0. The fourth-order valence-electron chi connectivity index (χ4n) is 3.41. The molecule has 1 nitrogen and oxygen atoms in total. The summed E-state index contributed by atoms with van der Waals surface area (Å²) in [5, 5.41) is 0. The Hall–Kier alpha value is 0.440. The van der Waals surface area contributed by atoms with E-state index in [1.807, 2.05) is 0 Å². The largest absolute Gasteiger partial charge is 0.300 e. The minimum absolute atomic E-state index is 0.797. The maximum Gasteiger partial charge on any atom is 0.0147 e. The van der Waals surface area contributed by atoms with Crippen molar-refractivity contribution in [2.75, 3.05) is 7.05 Å². The summed E-state index contributed by atoms with van der Waals surface area (Å²) >= 11 is 3.75. The molecule has 2 saturated carbocycles. The van der Waals surface area contributed by atoms with Crippen LogP contribution in [0.1, 0.15) is 64.2 Å². The van der Waals surface area contributed by atoms with Crippen molar-refractivity contribution in [3.05, 3.63) is 0 Å². The second-order valence-electron chi connectivity index (χ2n) is 5.72. The van der Waals surface area contributed by atoms with E-state index in [0.717, 1.165) is 16.9 Å². The Labute approximate surface area is 109 Å². The van der Waals surface area contributed by atoms with Crippen LogP contribution in [0.15, 0.2) is 0 Å². The lowest BCUT2D eigenvalue weighted by Crippen LogP contribution is -2.42. The Morgan fingerprint density at radius 3 is 1.81 bits per heavy atom. The fraction of sp³-hybridized carbons (Fsp3) is 1.00. The summed E-state index contributed by atoms with van der Waals surface area (Å²) in [6, 6.07) is 1.76. The molecule has 0 heterocycles. The first-order valence-electron chi connectivity index (χ1n) is 7.13. The van der Waals surface area contributed by atoms with Gasteiger partial charge < -0.3 is 4.90 Å². The molecule has 2 fully saturated rings. The second-order valence-corrected chi connectivity index (χ2v) is 7.01. The van der Waals surface area contributed by atoms with Crippen molar-refractivity contribution < 1.29 is 0 Å². The number of alkyl halides is 1. The van der Waals surface area contributed by atoms with Gasteiger partial charge in [0, 0.05) is 16.9 Å². The fourth-order valence-corrected chi connectivity index (χ4v) is 3.93. The molecule has 0 amide bonds. The third-order valence-corrected chi connectivity index (χ3v) is 5.52. The highest BCUT2D eigenvalue weighted by atomic mass is 79.9. The lowest BCUT2D eigenvalue weighted by Gasteiger charge is -2.38. The standard InChI is InChI=1S/C14H26BrN/c1-16(13-6-4-2-3-5-7-13)14-10-8-12(15)9-11-14/h12-14H,2-11H2,1H3. The van der Waals surface area contributed by atoms with E-state index in [2.05, 4.69) is 27.9 Å². The van der Waals surface area contributed by atoms with Crippen LogP contribution >= 0.6 is 15.9 Å². The topological polar surface area (TPSA) is 3.24 Å². The van der Waals surface area contributed by atoms with Gasteiger partial charge in [-0.2, -0.15) is 0 Å². The molecule has 0 aromatic carbocycles. The summed E-state index contributed by atoms with van der Waals surface area (Å²) in [4.78, 5) is 3.52. The van der Waals surface area contributed by atoms with Gasteiger partial charge in [0.2, 0.25) is 0 Å². The smallest absolute Gasteiger partial charge is 0.0147 e. The van der Waals surface area contributed by atoms with Crippen LogP contribution in [0.5, 0.6) is 0 Å². The predicted molar refractivity (Wildman–Crippen MR) is 74.2 cm³/mol. The van der Waals surface area contributed by atoms with Gasteiger partial charge in [-0.3, -0.25) is 0 Å². The molecule has 0 atom stereocenters. The van der Waals surface area contributed by atoms with Crippen molar-refractivity contribution >= 4 is 15.9 Å². The predicted octanol–water partition coefficient (Wildman–Crippen LogP) is 4.35. The van der Waals surface area contributed by atoms with E-state index in [1.165, 1.54) is 64.2 Å². The molecule has 2 rings (SSSR count). The molecular formula is C14H26BrN. The third-order valence-electron chi connectivity index (χ3n) is 4.60. The van der Waals surface area contributed by atoms with Crippen molar-refractivity contribution in [3.8, 4) is 0 Å². The number of hydrogen-bond acceptors (Lipinski definition) is 1. The van der Waals surface area contributed by atoms with Gasteiger partial charge in [-0.05, 0) is 45.6 Å². The number of halogens is 1. The molecule has 2 heteroatoms. The molecule has 0 aromatic heterocycles. The lowest BCUT2D eigenvalue weighted by atomic mass is 9.92. The van der Waals surface area contributed by atoms with Crippen molar-refractivity contribution in [1.29, 1.82) is 0 Å². The van der Waals surface area contributed by atoms with Crippen molar-refractivity contribution in [2.24, 2.45) is 0 Å². The van der Waals surface area contributed by atoms with E-state index >= 15 is 0 Å². The van der Waals surface area contributed by atoms with Gasteiger partial charge >= 0.3 is 0 Å². The summed E-state index contributed by atoms with van der Waals surface area (Å²) in [5.74, 6) is 0. The van der Waals surface area contributed by atoms with Crippen LogP contribution in [0.3, 0.4) is 0 Å². The van der Waals surface area contributed by atoms with Crippen LogP contribution in [0.4, 0.5) is 0 Å². The number of hydrogen-bond donors (Lipinski definition) is 0. The zero-order valence-corrected chi connectivity index (χ0v) is 12.2. The molecule has 2 aliphatic rings. The monoisotopic (exact) mass is 287 g/mol. The van der Waals surface area contributed by atoms with Crippen molar-refractivity contribution in [1.82, 2.24) is 4.90 Å². The van der Waals surface area contributed by atoms with Crippen LogP contribution in [0.25, 0.3) is 0 Å². The SMILES string of the molecule is CN(C1CCCCCC1)C1CCC(Br)CC1. The first-order valence-corrected chi connectivity index (χ1v) is 8.05. The molecule has 94 valence electrons. The van der Waals surface area contributed by atoms with E-state index in [4.69, 9.17) is 0 Å². The molecule has 0 bridgehead atoms. The Morgan fingerprint density at radius 1 is 0.750 bits per heavy atom. The Kier molecular flexibility index (Phi) is 5.15. The maximum absolute atomic E-state index is 3.75. The molecule has 0 saturated heterocycles. The Morgan fingerprint density at radius 2 is 1.25 bits per heavy atom. The first-order chi connectivity index (χ1) is 7.77. The lowest BCUT2D eigenvalue weighted by molar-refractivity contribution is 0.128. The van der Waals surface area contributed by atoms with Crippen LogP contribution < -0.4 is 0 Å². The Bertz CT molecular complexity index is 191. The van der Waals surface area contributed by atoms with Crippen LogP contribution in [-0.2, 0) is 0 Å². The maximum atomic E-state index is 3.75. The first kappa shape index (κ1) is 12.9. The summed E-state index contributed by atoms with van der Waals surface area (Å²) in [6.07, 6.45) is 14.3. The zero-order chi connectivity index (χ0) is 11.4. The van der Waals surface area contributed by atoms with E-state index in [0.29, 0.717) is 0 Å². The van der Waals surface area contributed by atoms with Gasteiger partial charge in [-0.15, -0.1) is 0 Å². The van der Waals surface area contributed by atoms with E-state index in [9.17, 15) is 0 Å². The number of nitrogens with zero attached hydrogens (tertiary/aromatic N) is 1. The average Bonchev–Trinajstić information content (AvgIpc) is 2.57. The number of rotatable bonds is 2. The van der Waals surface area contributed by atoms with Crippen molar-refractivity contribution in [3.63, 3.8) is 0 Å². The minimum Gasteiger partial charge on any atom is -0.300 e. The second kappa shape index (κ2) is 6.39. The van der Waals surface area contributed by atoms with Gasteiger partial charge in [0.05, 0.1) is 0 Å². The molecule has 2 aliphatic carbocycles. The quantitative estimate of drug-likeness (QED) is 0.539. The van der Waals surface area contributed by atoms with Crippen molar-refractivity contribution in [2.45, 2.75) is 81.1 Å². The summed E-state index contributed by atoms with van der Waals surface area (Å²) in [6.45, 7) is 0. The highest BCUT2D eigenvalue weighted by molar-refractivity contribution is 9.09. The summed E-state index contributed by atoms with van der Waals surface area (Å²) in [7, 11) is 2.38. The van der Waals surface area contributed by atoms with Gasteiger partial charge in [-0.25, -0.2) is 0 Å². The highest BCUT2D eigenvalue weighted by Gasteiger charge is 2.27. The molecule has 0 radical (unpaired) electrons.